The van der Waals surface area contributed by atoms with Gasteiger partial charge in [0.15, 0.2) is 0 Å². The minimum absolute atomic E-state index is 0.137. The van der Waals surface area contributed by atoms with Crippen LogP contribution in [0, 0.1) is 6.92 Å². The van der Waals surface area contributed by atoms with Crippen LogP contribution in [0.1, 0.15) is 36.1 Å². The zero-order chi connectivity index (χ0) is 25.7. The number of anilines is 1. The van der Waals surface area contributed by atoms with Gasteiger partial charge in [0.2, 0.25) is 0 Å². The summed E-state index contributed by atoms with van der Waals surface area (Å²) in [5.41, 5.74) is 1.98. The summed E-state index contributed by atoms with van der Waals surface area (Å²) in [6.07, 6.45) is 3.05. The van der Waals surface area contributed by atoms with Crippen LogP contribution in [-0.2, 0) is 9.53 Å². The molecule has 0 saturated carbocycles. The lowest BCUT2D eigenvalue weighted by Crippen LogP contribution is -2.29. The van der Waals surface area contributed by atoms with Crippen LogP contribution >= 0.6 is 24.0 Å². The van der Waals surface area contributed by atoms with Crippen LogP contribution in [0.5, 0.6) is 0 Å². The predicted octanol–water partition coefficient (Wildman–Crippen LogP) is 3.78. The molecule has 1 fully saturated rings. The first kappa shape index (κ1) is 26.0. The average Bonchev–Trinajstić information content (AvgIpc) is 3.15. The molecule has 3 heterocycles. The van der Waals surface area contributed by atoms with Gasteiger partial charge in [0.1, 0.15) is 15.8 Å². The van der Waals surface area contributed by atoms with Crippen LogP contribution in [0.15, 0.2) is 58.4 Å². The molecule has 1 atom stereocenters. The van der Waals surface area contributed by atoms with E-state index in [9.17, 15) is 14.7 Å². The molecule has 1 aliphatic heterocycles. The highest BCUT2D eigenvalue weighted by Crippen LogP contribution is 2.33. The summed E-state index contributed by atoms with van der Waals surface area (Å²) in [6, 6.07) is 12.9. The number of rotatable bonds is 10. The van der Waals surface area contributed by atoms with E-state index in [0.717, 1.165) is 22.9 Å². The zero-order valence-corrected chi connectivity index (χ0v) is 21.8. The van der Waals surface area contributed by atoms with Gasteiger partial charge in [0.25, 0.3) is 11.5 Å². The quantitative estimate of drug-likeness (QED) is 0.235. The zero-order valence-electron chi connectivity index (χ0n) is 20.1. The number of aromatic nitrogens is 2. The van der Waals surface area contributed by atoms with Crippen molar-refractivity contribution in [3.8, 4) is 0 Å². The van der Waals surface area contributed by atoms with Gasteiger partial charge in [-0.2, -0.15) is 0 Å². The molecule has 0 radical (unpaired) electrons. The maximum atomic E-state index is 13.5. The van der Waals surface area contributed by atoms with Gasteiger partial charge in [-0.3, -0.25) is 18.9 Å². The van der Waals surface area contributed by atoms with E-state index in [4.69, 9.17) is 17.0 Å². The fourth-order valence-corrected chi connectivity index (χ4v) is 5.15. The molecular weight excluding hydrogens is 496 g/mol. The number of hydrogen-bond acceptors (Lipinski definition) is 8. The first-order valence-electron chi connectivity index (χ1n) is 11.7. The molecule has 2 aromatic heterocycles. The SMILES string of the molecule is CCOCCCN1C(=O)/C(=C/c2c(NCC(O)c3ccccc3)nc3c(C)cccn3c2=O)SC1=S. The lowest BCUT2D eigenvalue weighted by atomic mass is 10.1. The molecule has 0 bridgehead atoms. The molecule has 8 nitrogen and oxygen atoms in total. The fourth-order valence-electron chi connectivity index (χ4n) is 3.86. The van der Waals surface area contributed by atoms with Gasteiger partial charge < -0.3 is 15.2 Å². The van der Waals surface area contributed by atoms with Gasteiger partial charge in [-0.1, -0.05) is 60.4 Å². The molecule has 1 unspecified atom stereocenters. The molecular formula is C26H28N4O4S2. The molecule has 0 spiro atoms. The smallest absolute Gasteiger partial charge is 0.267 e. The number of aliphatic hydroxyl groups excluding tert-OH is 1. The average molecular weight is 525 g/mol. The van der Waals surface area contributed by atoms with Crippen molar-refractivity contribution >= 4 is 51.7 Å². The molecule has 36 heavy (non-hydrogen) atoms. The number of aryl methyl sites for hydroxylation is 1. The second kappa shape index (κ2) is 11.8. The molecule has 1 amide bonds. The summed E-state index contributed by atoms with van der Waals surface area (Å²) in [5, 5.41) is 13.8. The third kappa shape index (κ3) is 5.67. The highest BCUT2D eigenvalue weighted by Gasteiger charge is 2.32. The van der Waals surface area contributed by atoms with Crippen LogP contribution in [0.3, 0.4) is 0 Å². The normalized spacial score (nSPS) is 15.8. The molecule has 4 rings (SSSR count). The number of carbonyl (C=O) groups is 1. The summed E-state index contributed by atoms with van der Waals surface area (Å²) in [6.45, 7) is 5.54. The van der Waals surface area contributed by atoms with Crippen LogP contribution in [0.25, 0.3) is 11.7 Å². The number of thiocarbonyl (C=S) groups is 1. The van der Waals surface area contributed by atoms with Gasteiger partial charge >= 0.3 is 0 Å². The van der Waals surface area contributed by atoms with E-state index >= 15 is 0 Å². The largest absolute Gasteiger partial charge is 0.387 e. The van der Waals surface area contributed by atoms with Gasteiger partial charge in [0, 0.05) is 32.5 Å². The van der Waals surface area contributed by atoms with E-state index in [1.54, 1.807) is 18.3 Å². The van der Waals surface area contributed by atoms with E-state index < -0.39 is 6.10 Å². The number of hydrogen-bond donors (Lipinski definition) is 2. The number of benzene rings is 1. The summed E-state index contributed by atoms with van der Waals surface area (Å²) in [4.78, 5) is 33.2. The molecule has 10 heteroatoms. The Balaban J connectivity index is 1.67. The Morgan fingerprint density at radius 3 is 2.75 bits per heavy atom. The minimum atomic E-state index is -0.806. The Morgan fingerprint density at radius 2 is 2.00 bits per heavy atom. The second-order valence-corrected chi connectivity index (χ2v) is 9.93. The Morgan fingerprint density at radius 1 is 1.22 bits per heavy atom. The number of ether oxygens (including phenoxy) is 1. The van der Waals surface area contributed by atoms with Crippen molar-refractivity contribution < 1.29 is 14.6 Å². The molecule has 0 aliphatic carbocycles. The monoisotopic (exact) mass is 524 g/mol. The topological polar surface area (TPSA) is 96.2 Å². The van der Waals surface area contributed by atoms with Crippen LogP contribution < -0.4 is 10.9 Å². The van der Waals surface area contributed by atoms with Gasteiger partial charge in [-0.05, 0) is 43.5 Å². The lowest BCUT2D eigenvalue weighted by Gasteiger charge is -2.16. The number of pyridine rings is 1. The van der Waals surface area contributed by atoms with Gasteiger partial charge in [0.05, 0.1) is 16.6 Å². The van der Waals surface area contributed by atoms with Crippen LogP contribution in [0.2, 0.25) is 0 Å². The van der Waals surface area contributed by atoms with Crippen molar-refractivity contribution in [1.29, 1.82) is 0 Å². The van der Waals surface area contributed by atoms with E-state index in [1.165, 1.54) is 9.30 Å². The molecule has 3 aromatic rings. The Hall–Kier alpha value is -3.05. The summed E-state index contributed by atoms with van der Waals surface area (Å²) < 4.78 is 7.27. The van der Waals surface area contributed by atoms with Crippen molar-refractivity contribution in [2.75, 3.05) is 31.6 Å². The summed E-state index contributed by atoms with van der Waals surface area (Å²) >= 11 is 6.59. The maximum absolute atomic E-state index is 13.5. The number of amides is 1. The second-order valence-electron chi connectivity index (χ2n) is 8.26. The van der Waals surface area contributed by atoms with Gasteiger partial charge in [-0.25, -0.2) is 4.98 Å². The van der Waals surface area contributed by atoms with Crippen molar-refractivity contribution in [3.63, 3.8) is 0 Å². The van der Waals surface area contributed by atoms with Crippen molar-refractivity contribution in [2.24, 2.45) is 0 Å². The Labute approximate surface area is 219 Å². The summed E-state index contributed by atoms with van der Waals surface area (Å²) in [7, 11) is 0. The molecule has 1 saturated heterocycles. The maximum Gasteiger partial charge on any atom is 0.267 e. The highest BCUT2D eigenvalue weighted by atomic mass is 32.2. The highest BCUT2D eigenvalue weighted by molar-refractivity contribution is 8.26. The molecule has 1 aliphatic rings. The summed E-state index contributed by atoms with van der Waals surface area (Å²) in [5.74, 6) is 0.0522. The third-order valence-corrected chi connectivity index (χ3v) is 7.13. The molecule has 188 valence electrons. The third-order valence-electron chi connectivity index (χ3n) is 5.76. The minimum Gasteiger partial charge on any atom is -0.387 e. The number of fused-ring (bicyclic) bond motifs is 1. The number of aliphatic hydroxyl groups is 1. The standard InChI is InChI=1S/C26H28N4O4S2/c1-3-34-14-8-13-30-25(33)21(36-26(30)35)15-19-22(27-16-20(31)18-10-5-4-6-11-18)28-23-17(2)9-7-12-29(23)24(19)32/h4-7,9-12,15,20,27,31H,3,8,13-14,16H2,1-2H3/b21-15-. The van der Waals surface area contributed by atoms with Gasteiger partial charge in [-0.15, -0.1) is 0 Å². The number of thioether (sulfide) groups is 1. The van der Waals surface area contributed by atoms with E-state index in [-0.39, 0.29) is 23.6 Å². The van der Waals surface area contributed by atoms with Crippen molar-refractivity contribution in [3.05, 3.63) is 80.6 Å². The first-order chi connectivity index (χ1) is 17.4. The number of nitrogens with one attached hydrogen (secondary N) is 1. The lowest BCUT2D eigenvalue weighted by molar-refractivity contribution is -0.122. The van der Waals surface area contributed by atoms with E-state index in [1.807, 2.05) is 50.2 Å². The van der Waals surface area contributed by atoms with E-state index in [0.29, 0.717) is 46.9 Å². The van der Waals surface area contributed by atoms with Crippen molar-refractivity contribution in [2.45, 2.75) is 26.4 Å². The fraction of sp³-hybridized carbons (Fsp3) is 0.308. The number of carbonyl (C=O) groups excluding carboxylic acids is 1. The molecule has 2 N–H and O–H groups in total. The van der Waals surface area contributed by atoms with E-state index in [2.05, 4.69) is 10.3 Å². The number of nitrogens with zero attached hydrogens (tertiary/aromatic N) is 3. The predicted molar refractivity (Wildman–Crippen MR) is 147 cm³/mol. The van der Waals surface area contributed by atoms with Crippen LogP contribution in [-0.4, -0.2) is 55.9 Å². The van der Waals surface area contributed by atoms with Crippen LogP contribution in [0.4, 0.5) is 5.82 Å². The van der Waals surface area contributed by atoms with Crippen molar-refractivity contribution in [1.82, 2.24) is 14.3 Å². The first-order valence-corrected chi connectivity index (χ1v) is 12.9. The Kier molecular flexibility index (Phi) is 8.52. The Bertz CT molecular complexity index is 1360. The molecule has 1 aromatic carbocycles.